The van der Waals surface area contributed by atoms with Gasteiger partial charge in [0.2, 0.25) is 0 Å². The first kappa shape index (κ1) is 31.1. The van der Waals surface area contributed by atoms with Gasteiger partial charge in [-0.05, 0) is 78.8 Å². The van der Waals surface area contributed by atoms with Crippen molar-refractivity contribution in [3.63, 3.8) is 0 Å². The van der Waals surface area contributed by atoms with Gasteiger partial charge in [-0.3, -0.25) is 0 Å². The van der Waals surface area contributed by atoms with E-state index in [0.29, 0.717) is 17.5 Å². The zero-order valence-electron chi connectivity index (χ0n) is 29.6. The van der Waals surface area contributed by atoms with Gasteiger partial charge in [0.1, 0.15) is 11.2 Å². The molecule has 11 rings (SSSR count). The molecule has 0 saturated carbocycles. The molecule has 0 aliphatic heterocycles. The zero-order chi connectivity index (χ0) is 36.3. The van der Waals surface area contributed by atoms with Gasteiger partial charge in [0.05, 0.1) is 5.56 Å². The van der Waals surface area contributed by atoms with Gasteiger partial charge < -0.3 is 4.42 Å². The van der Waals surface area contributed by atoms with E-state index in [-0.39, 0.29) is 0 Å². The average Bonchev–Trinajstić information content (AvgIpc) is 3.65. The molecule has 2 heterocycles. The molecule has 9 aromatic carbocycles. The van der Waals surface area contributed by atoms with Crippen LogP contribution in [0.4, 0.5) is 0 Å². The van der Waals surface area contributed by atoms with Crippen molar-refractivity contribution in [1.82, 2.24) is 15.0 Å². The number of nitrogens with zero attached hydrogens (tertiary/aromatic N) is 3. The molecule has 4 nitrogen and oxygen atoms in total. The lowest BCUT2D eigenvalue weighted by Gasteiger charge is -2.14. The Morgan fingerprint density at radius 1 is 0.291 bits per heavy atom. The number of rotatable bonds is 5. The van der Waals surface area contributed by atoms with Gasteiger partial charge in [0, 0.05) is 21.9 Å². The highest BCUT2D eigenvalue weighted by molar-refractivity contribution is 6.15. The summed E-state index contributed by atoms with van der Waals surface area (Å²) in [4.78, 5) is 15.6. The summed E-state index contributed by atoms with van der Waals surface area (Å²) in [6, 6.07) is 65.9. The number of benzene rings is 9. The van der Waals surface area contributed by atoms with Crippen molar-refractivity contribution in [2.75, 3.05) is 0 Å². The van der Waals surface area contributed by atoms with E-state index in [9.17, 15) is 0 Å². The molecule has 0 spiro atoms. The molecule has 11 aromatic rings. The van der Waals surface area contributed by atoms with Crippen LogP contribution in [-0.4, -0.2) is 15.0 Å². The van der Waals surface area contributed by atoms with E-state index in [2.05, 4.69) is 158 Å². The Hall–Kier alpha value is -7.43. The first-order valence-electron chi connectivity index (χ1n) is 18.5. The molecule has 0 saturated heterocycles. The summed E-state index contributed by atoms with van der Waals surface area (Å²) < 4.78 is 6.50. The molecule has 0 unspecified atom stereocenters. The van der Waals surface area contributed by atoms with Gasteiger partial charge in [0.15, 0.2) is 17.5 Å². The van der Waals surface area contributed by atoms with E-state index in [1.54, 1.807) is 0 Å². The van der Waals surface area contributed by atoms with Gasteiger partial charge in [-0.1, -0.05) is 164 Å². The maximum absolute atomic E-state index is 6.50. The van der Waals surface area contributed by atoms with E-state index in [1.165, 1.54) is 27.3 Å². The van der Waals surface area contributed by atoms with Crippen molar-refractivity contribution in [2.45, 2.75) is 0 Å². The lowest BCUT2D eigenvalue weighted by atomic mass is 9.92. The second-order valence-electron chi connectivity index (χ2n) is 14.0. The van der Waals surface area contributed by atoms with E-state index < -0.39 is 0 Å². The molecule has 0 aliphatic carbocycles. The summed E-state index contributed by atoms with van der Waals surface area (Å²) >= 11 is 0. The van der Waals surface area contributed by atoms with E-state index in [0.717, 1.165) is 65.9 Å². The van der Waals surface area contributed by atoms with Crippen molar-refractivity contribution in [2.24, 2.45) is 0 Å². The Bertz CT molecular complexity index is 3250. The average molecular weight is 702 g/mol. The number of hydrogen-bond donors (Lipinski definition) is 0. The van der Waals surface area contributed by atoms with Gasteiger partial charge in [-0.15, -0.1) is 0 Å². The van der Waals surface area contributed by atoms with Crippen molar-refractivity contribution >= 4 is 54.3 Å². The summed E-state index contributed by atoms with van der Waals surface area (Å²) in [7, 11) is 0. The number of furan rings is 1. The van der Waals surface area contributed by atoms with Crippen LogP contribution in [0.25, 0.3) is 111 Å². The predicted molar refractivity (Wildman–Crippen MR) is 227 cm³/mol. The molecule has 4 heteroatoms. The summed E-state index contributed by atoms with van der Waals surface area (Å²) in [5.74, 6) is 1.77. The van der Waals surface area contributed by atoms with Crippen molar-refractivity contribution in [3.05, 3.63) is 188 Å². The lowest BCUT2D eigenvalue weighted by molar-refractivity contribution is 0.669. The first-order chi connectivity index (χ1) is 27.2. The number of aromatic nitrogens is 3. The zero-order valence-corrected chi connectivity index (χ0v) is 29.6. The minimum absolute atomic E-state index is 0.562. The summed E-state index contributed by atoms with van der Waals surface area (Å²) in [5.41, 5.74) is 8.97. The van der Waals surface area contributed by atoms with Crippen LogP contribution in [0.5, 0.6) is 0 Å². The molecule has 0 atom stereocenters. The highest BCUT2D eigenvalue weighted by Crippen LogP contribution is 2.40. The van der Waals surface area contributed by atoms with Gasteiger partial charge >= 0.3 is 0 Å². The number of para-hydroxylation sites is 2. The van der Waals surface area contributed by atoms with Crippen molar-refractivity contribution in [3.8, 4) is 56.4 Å². The van der Waals surface area contributed by atoms with Crippen LogP contribution in [-0.2, 0) is 0 Å². The Balaban J connectivity index is 1.13. The highest BCUT2D eigenvalue weighted by atomic mass is 16.3. The molecule has 0 amide bonds. The largest absolute Gasteiger partial charge is 0.455 e. The van der Waals surface area contributed by atoms with Crippen molar-refractivity contribution in [1.29, 1.82) is 0 Å². The standard InChI is InChI=1S/C51H31N3O/c1-2-12-32(13-3-1)33-24-26-35(27-25-33)49-52-50(44-22-11-21-43-42-19-8-9-23-47(42)55-48(43)44)54-51(53-49)46-31-37-29-28-36(30-45(37)40-17-6-7-18-41(40)46)39-20-10-15-34-14-4-5-16-38(34)39/h1-31H. The second kappa shape index (κ2) is 12.6. The van der Waals surface area contributed by atoms with Gasteiger partial charge in [0.25, 0.3) is 0 Å². The summed E-state index contributed by atoms with van der Waals surface area (Å²) in [5, 5.41) is 9.09. The van der Waals surface area contributed by atoms with Gasteiger partial charge in [-0.25, -0.2) is 15.0 Å². The maximum atomic E-state index is 6.50. The monoisotopic (exact) mass is 701 g/mol. The maximum Gasteiger partial charge on any atom is 0.167 e. The molecular weight excluding hydrogens is 671 g/mol. The molecule has 0 N–H and O–H groups in total. The molecule has 2 aromatic heterocycles. The van der Waals surface area contributed by atoms with Gasteiger partial charge in [-0.2, -0.15) is 0 Å². The fourth-order valence-electron chi connectivity index (χ4n) is 8.04. The van der Waals surface area contributed by atoms with Crippen LogP contribution in [0.1, 0.15) is 0 Å². The minimum atomic E-state index is 0.562. The van der Waals surface area contributed by atoms with Crippen molar-refractivity contribution < 1.29 is 4.42 Å². The Labute approximate surface area is 317 Å². The van der Waals surface area contributed by atoms with E-state index >= 15 is 0 Å². The third-order valence-electron chi connectivity index (χ3n) is 10.7. The first-order valence-corrected chi connectivity index (χ1v) is 18.5. The summed E-state index contributed by atoms with van der Waals surface area (Å²) in [6.45, 7) is 0. The van der Waals surface area contributed by atoms with Crippen LogP contribution < -0.4 is 0 Å². The topological polar surface area (TPSA) is 51.8 Å². The third-order valence-corrected chi connectivity index (χ3v) is 10.7. The third kappa shape index (κ3) is 5.26. The smallest absolute Gasteiger partial charge is 0.167 e. The van der Waals surface area contributed by atoms with Crippen LogP contribution in [0.2, 0.25) is 0 Å². The highest BCUT2D eigenvalue weighted by Gasteiger charge is 2.20. The molecule has 55 heavy (non-hydrogen) atoms. The fourth-order valence-corrected chi connectivity index (χ4v) is 8.04. The lowest BCUT2D eigenvalue weighted by Crippen LogP contribution is -2.01. The molecule has 0 aliphatic rings. The molecule has 0 bridgehead atoms. The van der Waals surface area contributed by atoms with Crippen LogP contribution in [0, 0.1) is 0 Å². The molecule has 0 fully saturated rings. The summed E-state index contributed by atoms with van der Waals surface area (Å²) in [6.07, 6.45) is 0. The fraction of sp³-hybridized carbons (Fsp3) is 0. The molecule has 256 valence electrons. The quantitative estimate of drug-likeness (QED) is 0.168. The number of fused-ring (bicyclic) bond motifs is 7. The minimum Gasteiger partial charge on any atom is -0.455 e. The Morgan fingerprint density at radius 2 is 0.873 bits per heavy atom. The molecular formula is C51H31N3O. The normalized spacial score (nSPS) is 11.6. The second-order valence-corrected chi connectivity index (χ2v) is 14.0. The Morgan fingerprint density at radius 3 is 1.73 bits per heavy atom. The van der Waals surface area contributed by atoms with Crippen LogP contribution in [0.15, 0.2) is 192 Å². The van der Waals surface area contributed by atoms with Crippen LogP contribution in [0.3, 0.4) is 0 Å². The molecule has 0 radical (unpaired) electrons. The Kier molecular flexibility index (Phi) is 7.14. The van der Waals surface area contributed by atoms with Crippen LogP contribution >= 0.6 is 0 Å². The number of hydrogen-bond acceptors (Lipinski definition) is 4. The SMILES string of the molecule is c1ccc(-c2ccc(-c3nc(-c4cc5ccc(-c6cccc7ccccc67)cc5c5ccccc45)nc(-c4cccc5c4oc4ccccc45)n3)cc2)cc1. The predicted octanol–water partition coefficient (Wildman–Crippen LogP) is 13.6. The van der Waals surface area contributed by atoms with E-state index in [1.807, 2.05) is 30.3 Å². The van der Waals surface area contributed by atoms with E-state index in [4.69, 9.17) is 19.4 Å².